The van der Waals surface area contributed by atoms with Gasteiger partial charge in [0.15, 0.2) is 12.1 Å². The first kappa shape index (κ1) is 30.1. The minimum absolute atomic E-state index is 0.175. The van der Waals surface area contributed by atoms with E-state index in [1.807, 2.05) is 0 Å². The number of rotatable bonds is 20. The predicted octanol–water partition coefficient (Wildman–Crippen LogP) is 4.15. The SMILES string of the molecule is CCCCCCC/C=C/CCCCCCC[N+](C(C)C(=O)[O-])(C(C)C(=O)O)C(C)C(=O)O. The van der Waals surface area contributed by atoms with Crippen molar-refractivity contribution >= 4 is 17.9 Å². The molecule has 3 atom stereocenters. The van der Waals surface area contributed by atoms with Gasteiger partial charge < -0.3 is 20.1 Å². The van der Waals surface area contributed by atoms with E-state index in [2.05, 4.69) is 19.1 Å². The van der Waals surface area contributed by atoms with Crippen molar-refractivity contribution in [2.24, 2.45) is 0 Å². The summed E-state index contributed by atoms with van der Waals surface area (Å²) in [4.78, 5) is 35.1. The molecule has 0 heterocycles. The molecule has 0 aromatic rings. The van der Waals surface area contributed by atoms with Crippen molar-refractivity contribution < 1.29 is 34.2 Å². The van der Waals surface area contributed by atoms with Crippen molar-refractivity contribution in [2.75, 3.05) is 6.54 Å². The minimum atomic E-state index is -1.43. The van der Waals surface area contributed by atoms with Crippen LogP contribution in [0.4, 0.5) is 0 Å². The van der Waals surface area contributed by atoms with Gasteiger partial charge in [-0.15, -0.1) is 0 Å². The summed E-state index contributed by atoms with van der Waals surface area (Å²) in [6, 6.07) is -3.57. The highest BCUT2D eigenvalue weighted by Crippen LogP contribution is 2.27. The molecule has 7 heteroatoms. The predicted molar refractivity (Wildman–Crippen MR) is 124 cm³/mol. The van der Waals surface area contributed by atoms with Crippen molar-refractivity contribution in [1.29, 1.82) is 0 Å². The first-order valence-electron chi connectivity index (χ1n) is 12.3. The number of carbonyl (C=O) groups is 3. The zero-order valence-electron chi connectivity index (χ0n) is 20.6. The molecule has 0 spiro atoms. The van der Waals surface area contributed by atoms with Crippen LogP contribution in [0.3, 0.4) is 0 Å². The molecule has 0 aromatic heterocycles. The molecule has 0 radical (unpaired) electrons. The van der Waals surface area contributed by atoms with E-state index >= 15 is 0 Å². The molecule has 0 bridgehead atoms. The summed E-state index contributed by atoms with van der Waals surface area (Å²) < 4.78 is -0.548. The maximum atomic E-state index is 11.7. The topological polar surface area (TPSA) is 115 Å². The Bertz CT molecular complexity index is 539. The quantitative estimate of drug-likeness (QED) is 0.162. The number of nitrogens with zero attached hydrogens (tertiary/aromatic N) is 1. The van der Waals surface area contributed by atoms with E-state index in [1.165, 1.54) is 52.9 Å². The Balaban J connectivity index is 4.56. The third kappa shape index (κ3) is 10.2. The Morgan fingerprint density at radius 1 is 0.719 bits per heavy atom. The smallest absolute Gasteiger partial charge is 0.362 e. The normalized spacial score (nSPS) is 16.4. The Morgan fingerprint density at radius 2 is 1.12 bits per heavy atom. The molecule has 0 fully saturated rings. The van der Waals surface area contributed by atoms with E-state index in [4.69, 9.17) is 0 Å². The first-order chi connectivity index (χ1) is 15.1. The molecule has 0 aliphatic heterocycles. The van der Waals surface area contributed by atoms with Crippen LogP contribution in [0.15, 0.2) is 12.2 Å². The minimum Gasteiger partial charge on any atom is -0.544 e. The van der Waals surface area contributed by atoms with Crippen LogP contribution in [-0.4, -0.2) is 57.3 Å². The van der Waals surface area contributed by atoms with Crippen LogP contribution in [0.5, 0.6) is 0 Å². The van der Waals surface area contributed by atoms with Crippen LogP contribution in [0.1, 0.15) is 105 Å². The van der Waals surface area contributed by atoms with Gasteiger partial charge in [0, 0.05) is 0 Å². The Morgan fingerprint density at radius 3 is 1.53 bits per heavy atom. The molecule has 0 saturated carbocycles. The van der Waals surface area contributed by atoms with Gasteiger partial charge in [0.1, 0.15) is 6.04 Å². The van der Waals surface area contributed by atoms with Crippen LogP contribution in [0, 0.1) is 0 Å². The van der Waals surface area contributed by atoms with Gasteiger partial charge in [0.2, 0.25) is 0 Å². The maximum absolute atomic E-state index is 11.7. The van der Waals surface area contributed by atoms with Gasteiger partial charge in [0.05, 0.1) is 12.5 Å². The number of carboxylic acids is 3. The fourth-order valence-electron chi connectivity index (χ4n) is 4.47. The number of quaternary nitrogens is 1. The van der Waals surface area contributed by atoms with E-state index < -0.39 is 40.5 Å². The zero-order valence-corrected chi connectivity index (χ0v) is 20.6. The molecule has 32 heavy (non-hydrogen) atoms. The average molecular weight is 456 g/mol. The number of carbonyl (C=O) groups excluding carboxylic acids is 1. The second-order valence-electron chi connectivity index (χ2n) is 8.97. The summed E-state index contributed by atoms with van der Waals surface area (Å²) in [5.41, 5.74) is 0. The van der Waals surface area contributed by atoms with Gasteiger partial charge in [-0.1, -0.05) is 57.6 Å². The molecular formula is C25H45NO6. The monoisotopic (exact) mass is 455 g/mol. The van der Waals surface area contributed by atoms with Gasteiger partial charge in [-0.2, -0.15) is 0 Å². The van der Waals surface area contributed by atoms with Crippen molar-refractivity contribution in [2.45, 2.75) is 123 Å². The fraction of sp³-hybridized carbons (Fsp3) is 0.800. The van der Waals surface area contributed by atoms with Gasteiger partial charge in [0.25, 0.3) is 0 Å². The van der Waals surface area contributed by atoms with Crippen molar-refractivity contribution in [1.82, 2.24) is 0 Å². The Labute approximate surface area is 194 Å². The summed E-state index contributed by atoms with van der Waals surface area (Å²) in [5, 5.41) is 30.8. The largest absolute Gasteiger partial charge is 0.544 e. The zero-order chi connectivity index (χ0) is 24.6. The number of carboxylic acid groups (broad SMARTS) is 3. The molecule has 0 amide bonds. The molecule has 2 N–H and O–H groups in total. The lowest BCUT2D eigenvalue weighted by Crippen LogP contribution is -2.72. The Hall–Kier alpha value is -1.89. The first-order valence-corrected chi connectivity index (χ1v) is 12.3. The molecule has 3 unspecified atom stereocenters. The highest BCUT2D eigenvalue weighted by atomic mass is 16.4. The van der Waals surface area contributed by atoms with E-state index in [9.17, 15) is 29.7 Å². The molecule has 0 aliphatic rings. The van der Waals surface area contributed by atoms with Gasteiger partial charge >= 0.3 is 11.9 Å². The number of aliphatic carboxylic acids is 3. The molecule has 0 aliphatic carbocycles. The summed E-state index contributed by atoms with van der Waals surface area (Å²) in [7, 11) is 0. The number of allylic oxidation sites excluding steroid dienone is 2. The van der Waals surface area contributed by atoms with E-state index in [1.54, 1.807) is 0 Å². The molecule has 186 valence electrons. The molecular weight excluding hydrogens is 410 g/mol. The lowest BCUT2D eigenvalue weighted by molar-refractivity contribution is -0.969. The maximum Gasteiger partial charge on any atom is 0.362 e. The standard InChI is InChI=1S/C25H45NO6/c1-5-6-7-8-9-10-11-12-13-14-15-16-17-18-19-26(20(2)23(27)28,21(3)24(29)30)22(4)25(31)32/h11-12,20-22H,5-10,13-19H2,1-4H3,(H2-,27,28,29,30,31,32)/b12-11+. The van der Waals surface area contributed by atoms with Gasteiger partial charge in [-0.05, 0) is 59.3 Å². The molecule has 0 rings (SSSR count). The van der Waals surface area contributed by atoms with Crippen LogP contribution in [-0.2, 0) is 14.4 Å². The summed E-state index contributed by atoms with van der Waals surface area (Å²) >= 11 is 0. The van der Waals surface area contributed by atoms with Crippen LogP contribution in [0.25, 0.3) is 0 Å². The average Bonchev–Trinajstić information content (AvgIpc) is 2.75. The van der Waals surface area contributed by atoms with E-state index in [0.29, 0.717) is 6.42 Å². The summed E-state index contributed by atoms with van der Waals surface area (Å²) in [6.45, 7) is 6.52. The fourth-order valence-corrected chi connectivity index (χ4v) is 4.47. The van der Waals surface area contributed by atoms with Crippen molar-refractivity contribution in [3.8, 4) is 0 Å². The van der Waals surface area contributed by atoms with Gasteiger partial charge in [-0.3, -0.25) is 4.48 Å². The third-order valence-electron chi connectivity index (χ3n) is 6.78. The van der Waals surface area contributed by atoms with E-state index in [0.717, 1.165) is 38.5 Å². The number of hydrogen-bond donors (Lipinski definition) is 2. The lowest BCUT2D eigenvalue weighted by Gasteiger charge is -2.49. The summed E-state index contributed by atoms with van der Waals surface area (Å²) in [6.07, 6.45) is 17.6. The second-order valence-corrected chi connectivity index (χ2v) is 8.97. The summed E-state index contributed by atoms with van der Waals surface area (Å²) in [5.74, 6) is -3.84. The molecule has 0 aromatic carbocycles. The van der Waals surface area contributed by atoms with Crippen LogP contribution < -0.4 is 5.11 Å². The second kappa shape index (κ2) is 16.7. The third-order valence-corrected chi connectivity index (χ3v) is 6.78. The van der Waals surface area contributed by atoms with Crippen LogP contribution in [0.2, 0.25) is 0 Å². The van der Waals surface area contributed by atoms with Crippen molar-refractivity contribution in [3.05, 3.63) is 12.2 Å². The molecule has 0 saturated heterocycles. The van der Waals surface area contributed by atoms with Crippen molar-refractivity contribution in [3.63, 3.8) is 0 Å². The number of unbranched alkanes of at least 4 members (excludes halogenated alkanes) is 10. The van der Waals surface area contributed by atoms with Gasteiger partial charge in [-0.25, -0.2) is 9.59 Å². The number of hydrogen-bond acceptors (Lipinski definition) is 4. The van der Waals surface area contributed by atoms with E-state index in [-0.39, 0.29) is 6.54 Å². The lowest BCUT2D eigenvalue weighted by atomic mass is 10.00. The Kier molecular flexibility index (Phi) is 15.7. The molecule has 7 nitrogen and oxygen atoms in total. The highest BCUT2D eigenvalue weighted by Gasteiger charge is 2.50. The van der Waals surface area contributed by atoms with Crippen LogP contribution >= 0.6 is 0 Å². The highest BCUT2D eigenvalue weighted by molar-refractivity contribution is 5.76.